The topological polar surface area (TPSA) is 70.1 Å². The SMILES string of the molecule is COCCN(CC(=O)O)CC(=O)N(C)C1=CCCC1. The molecular formula is C13H22N2O4. The molecule has 0 aromatic carbocycles. The highest BCUT2D eigenvalue weighted by Gasteiger charge is 2.20. The molecule has 19 heavy (non-hydrogen) atoms. The molecule has 0 aliphatic heterocycles. The fraction of sp³-hybridized carbons (Fsp3) is 0.692. The molecule has 1 aliphatic rings. The van der Waals surface area contributed by atoms with Crippen LogP contribution in [-0.2, 0) is 14.3 Å². The summed E-state index contributed by atoms with van der Waals surface area (Å²) in [6.45, 7) is 0.792. The van der Waals surface area contributed by atoms with Crippen LogP contribution in [0, 0.1) is 0 Å². The first kappa shape index (κ1) is 15.7. The van der Waals surface area contributed by atoms with Gasteiger partial charge in [-0.05, 0) is 19.3 Å². The normalized spacial score (nSPS) is 14.6. The van der Waals surface area contributed by atoms with Gasteiger partial charge in [-0.2, -0.15) is 0 Å². The number of carbonyl (C=O) groups excluding carboxylic acids is 1. The molecule has 0 bridgehead atoms. The molecule has 0 aromatic heterocycles. The first-order chi connectivity index (χ1) is 9.04. The average molecular weight is 270 g/mol. The van der Waals surface area contributed by atoms with Gasteiger partial charge in [0.05, 0.1) is 19.7 Å². The fourth-order valence-corrected chi connectivity index (χ4v) is 2.04. The van der Waals surface area contributed by atoms with Crippen LogP contribution in [0.25, 0.3) is 0 Å². The van der Waals surface area contributed by atoms with E-state index in [1.165, 1.54) is 0 Å². The number of amides is 1. The van der Waals surface area contributed by atoms with E-state index in [1.54, 1.807) is 24.0 Å². The quantitative estimate of drug-likeness (QED) is 0.697. The van der Waals surface area contributed by atoms with Crippen LogP contribution >= 0.6 is 0 Å². The number of carboxylic acid groups (broad SMARTS) is 1. The summed E-state index contributed by atoms with van der Waals surface area (Å²) >= 11 is 0. The van der Waals surface area contributed by atoms with E-state index in [0.29, 0.717) is 13.2 Å². The number of hydrogen-bond acceptors (Lipinski definition) is 4. The van der Waals surface area contributed by atoms with Crippen molar-refractivity contribution in [2.75, 3.05) is 40.4 Å². The minimum atomic E-state index is -0.938. The van der Waals surface area contributed by atoms with E-state index in [2.05, 4.69) is 6.08 Å². The van der Waals surface area contributed by atoms with Crippen molar-refractivity contribution in [3.8, 4) is 0 Å². The molecule has 0 unspecified atom stereocenters. The smallest absolute Gasteiger partial charge is 0.317 e. The molecule has 6 nitrogen and oxygen atoms in total. The Morgan fingerprint density at radius 1 is 1.42 bits per heavy atom. The van der Waals surface area contributed by atoms with Gasteiger partial charge in [0.2, 0.25) is 5.91 Å². The van der Waals surface area contributed by atoms with Gasteiger partial charge in [0.1, 0.15) is 0 Å². The zero-order valence-corrected chi connectivity index (χ0v) is 11.6. The van der Waals surface area contributed by atoms with Gasteiger partial charge in [0.25, 0.3) is 0 Å². The summed E-state index contributed by atoms with van der Waals surface area (Å²) in [6.07, 6.45) is 5.07. The largest absolute Gasteiger partial charge is 0.480 e. The molecule has 0 saturated heterocycles. The summed E-state index contributed by atoms with van der Waals surface area (Å²) in [5.74, 6) is -1.02. The van der Waals surface area contributed by atoms with Crippen molar-refractivity contribution in [3.63, 3.8) is 0 Å². The first-order valence-electron chi connectivity index (χ1n) is 6.43. The van der Waals surface area contributed by atoms with E-state index in [1.807, 2.05) is 0 Å². The molecule has 6 heteroatoms. The van der Waals surface area contributed by atoms with Gasteiger partial charge in [-0.25, -0.2) is 0 Å². The van der Waals surface area contributed by atoms with Crippen molar-refractivity contribution in [2.45, 2.75) is 19.3 Å². The molecule has 0 radical (unpaired) electrons. The molecule has 108 valence electrons. The van der Waals surface area contributed by atoms with Gasteiger partial charge < -0.3 is 14.7 Å². The van der Waals surface area contributed by atoms with Crippen LogP contribution in [0.4, 0.5) is 0 Å². The van der Waals surface area contributed by atoms with Crippen LogP contribution in [-0.4, -0.2) is 67.2 Å². The van der Waals surface area contributed by atoms with Crippen molar-refractivity contribution in [2.24, 2.45) is 0 Å². The lowest BCUT2D eigenvalue weighted by Crippen LogP contribution is -2.41. The number of carbonyl (C=O) groups is 2. The fourth-order valence-electron chi connectivity index (χ4n) is 2.04. The minimum absolute atomic E-state index is 0.0782. The molecule has 0 aromatic rings. The number of nitrogens with zero attached hydrogens (tertiary/aromatic N) is 2. The summed E-state index contributed by atoms with van der Waals surface area (Å²) < 4.78 is 4.92. The van der Waals surface area contributed by atoms with Gasteiger partial charge in [0, 0.05) is 26.4 Å². The van der Waals surface area contributed by atoms with E-state index < -0.39 is 5.97 Å². The van der Waals surface area contributed by atoms with Crippen LogP contribution in [0.5, 0.6) is 0 Å². The molecule has 0 saturated carbocycles. The highest BCUT2D eigenvalue weighted by atomic mass is 16.5. The zero-order valence-electron chi connectivity index (χ0n) is 11.6. The van der Waals surface area contributed by atoms with Gasteiger partial charge in [-0.15, -0.1) is 0 Å². The first-order valence-corrected chi connectivity index (χ1v) is 6.43. The maximum atomic E-state index is 12.1. The molecule has 0 atom stereocenters. The van der Waals surface area contributed by atoms with Crippen molar-refractivity contribution in [3.05, 3.63) is 11.8 Å². The molecule has 1 rings (SSSR count). The third-order valence-electron chi connectivity index (χ3n) is 3.15. The second-order valence-corrected chi connectivity index (χ2v) is 4.64. The van der Waals surface area contributed by atoms with E-state index >= 15 is 0 Å². The predicted molar refractivity (Wildman–Crippen MR) is 70.7 cm³/mol. The minimum Gasteiger partial charge on any atom is -0.480 e. The second-order valence-electron chi connectivity index (χ2n) is 4.64. The Morgan fingerprint density at radius 3 is 2.68 bits per heavy atom. The van der Waals surface area contributed by atoms with Gasteiger partial charge in [0.15, 0.2) is 0 Å². The summed E-state index contributed by atoms with van der Waals surface area (Å²) in [4.78, 5) is 26.1. The van der Waals surface area contributed by atoms with E-state index in [4.69, 9.17) is 9.84 Å². The highest BCUT2D eigenvalue weighted by Crippen LogP contribution is 2.20. The molecule has 1 aliphatic carbocycles. The Bertz CT molecular complexity index is 355. The van der Waals surface area contributed by atoms with Crippen molar-refractivity contribution < 1.29 is 19.4 Å². The predicted octanol–water partition coefficient (Wildman–Crippen LogP) is 0.546. The molecule has 0 fully saturated rings. The Labute approximate surface area is 113 Å². The molecule has 0 spiro atoms. The Morgan fingerprint density at radius 2 is 2.16 bits per heavy atom. The number of methoxy groups -OCH3 is 1. The Kier molecular flexibility index (Phi) is 6.52. The standard InChI is InChI=1S/C13H22N2O4/c1-14(11-5-3-4-6-11)12(16)9-15(7-8-19-2)10-13(17)18/h5H,3-4,6-10H2,1-2H3,(H,17,18). The van der Waals surface area contributed by atoms with E-state index in [0.717, 1.165) is 25.0 Å². The van der Waals surface area contributed by atoms with Crippen LogP contribution in [0.2, 0.25) is 0 Å². The number of ether oxygens (including phenoxy) is 1. The van der Waals surface area contributed by atoms with E-state index in [9.17, 15) is 9.59 Å². The monoisotopic (exact) mass is 270 g/mol. The lowest BCUT2D eigenvalue weighted by molar-refractivity contribution is -0.139. The van der Waals surface area contributed by atoms with Crippen molar-refractivity contribution >= 4 is 11.9 Å². The van der Waals surface area contributed by atoms with E-state index in [-0.39, 0.29) is 19.0 Å². The molecule has 0 heterocycles. The van der Waals surface area contributed by atoms with Crippen LogP contribution in [0.3, 0.4) is 0 Å². The zero-order chi connectivity index (χ0) is 14.3. The number of rotatable bonds is 8. The molecular weight excluding hydrogens is 248 g/mol. The van der Waals surface area contributed by atoms with Crippen LogP contribution < -0.4 is 0 Å². The van der Waals surface area contributed by atoms with Crippen molar-refractivity contribution in [1.82, 2.24) is 9.80 Å². The Hall–Kier alpha value is -1.40. The van der Waals surface area contributed by atoms with Crippen LogP contribution in [0.15, 0.2) is 11.8 Å². The lowest BCUT2D eigenvalue weighted by Gasteiger charge is -2.24. The average Bonchev–Trinajstić information content (AvgIpc) is 2.87. The summed E-state index contributed by atoms with van der Waals surface area (Å²) in [7, 11) is 3.30. The maximum absolute atomic E-state index is 12.1. The second kappa shape index (κ2) is 7.91. The maximum Gasteiger partial charge on any atom is 0.317 e. The molecule has 1 amide bonds. The number of allylic oxidation sites excluding steroid dienone is 2. The van der Waals surface area contributed by atoms with Crippen LogP contribution in [0.1, 0.15) is 19.3 Å². The summed E-state index contributed by atoms with van der Waals surface area (Å²) in [5, 5.41) is 8.83. The summed E-state index contributed by atoms with van der Waals surface area (Å²) in [6, 6.07) is 0. The number of carboxylic acids is 1. The lowest BCUT2D eigenvalue weighted by atomic mass is 10.3. The third kappa shape index (κ3) is 5.40. The number of aliphatic carboxylic acids is 1. The van der Waals surface area contributed by atoms with Crippen molar-refractivity contribution in [1.29, 1.82) is 0 Å². The Balaban J connectivity index is 2.51. The van der Waals surface area contributed by atoms with Gasteiger partial charge in [-0.3, -0.25) is 14.5 Å². The highest BCUT2D eigenvalue weighted by molar-refractivity contribution is 5.80. The number of likely N-dealkylation sites (N-methyl/N-ethyl adjacent to an activating group) is 1. The summed E-state index contributed by atoms with van der Waals surface area (Å²) in [5.41, 5.74) is 1.03. The number of hydrogen-bond donors (Lipinski definition) is 1. The van der Waals surface area contributed by atoms with Gasteiger partial charge in [-0.1, -0.05) is 6.08 Å². The van der Waals surface area contributed by atoms with Gasteiger partial charge >= 0.3 is 5.97 Å². The molecule has 1 N–H and O–H groups in total. The third-order valence-corrected chi connectivity index (χ3v) is 3.15.